The summed E-state index contributed by atoms with van der Waals surface area (Å²) in [6, 6.07) is 15.5. The summed E-state index contributed by atoms with van der Waals surface area (Å²) in [4.78, 5) is 19.8. The molecular weight excluding hydrogens is 412 g/mol. The average Bonchev–Trinajstić information content (AvgIpc) is 3.17. The van der Waals surface area contributed by atoms with Gasteiger partial charge in [0.1, 0.15) is 18.2 Å². The van der Waals surface area contributed by atoms with Crippen molar-refractivity contribution in [3.8, 4) is 11.4 Å². The van der Waals surface area contributed by atoms with Crippen molar-refractivity contribution < 1.29 is 13.5 Å². The fraction of sp³-hybridized carbons (Fsp3) is 0.182. The van der Waals surface area contributed by atoms with Crippen molar-refractivity contribution in [2.24, 2.45) is 0 Å². The van der Waals surface area contributed by atoms with Gasteiger partial charge in [0.15, 0.2) is 0 Å². The lowest BCUT2D eigenvalue weighted by Crippen LogP contribution is -2.16. The molecule has 0 saturated heterocycles. The lowest BCUT2D eigenvalue weighted by Gasteiger charge is -2.09. The quantitative estimate of drug-likeness (QED) is 0.484. The van der Waals surface area contributed by atoms with E-state index in [1.807, 2.05) is 12.1 Å². The molecule has 152 valence electrons. The minimum absolute atomic E-state index is 0.184. The lowest BCUT2D eigenvalue weighted by molar-refractivity contribution is 0.111. The molecule has 1 aliphatic carbocycles. The van der Waals surface area contributed by atoms with Gasteiger partial charge in [-0.15, -0.1) is 0 Å². The first-order valence-electron chi connectivity index (χ1n) is 9.37. The topological polar surface area (TPSA) is 59.9 Å². The zero-order chi connectivity index (χ0) is 20.9. The maximum atomic E-state index is 13.3. The Bertz CT molecular complexity index is 1300. The van der Waals surface area contributed by atoms with E-state index >= 15 is 0 Å². The first kappa shape index (κ1) is 18.8. The number of aromatic amines is 1. The van der Waals surface area contributed by atoms with Crippen LogP contribution in [-0.4, -0.2) is 20.5 Å². The van der Waals surface area contributed by atoms with Crippen molar-refractivity contribution in [1.29, 1.82) is 0 Å². The molecule has 0 aliphatic heterocycles. The first-order valence-corrected chi connectivity index (χ1v) is 9.75. The van der Waals surface area contributed by atoms with E-state index in [2.05, 4.69) is 9.97 Å². The number of nitrogens with one attached hydrogen (secondary N) is 1. The standard InChI is InChI=1S/C22H16ClF2N3O2/c23-14-3-1-13(2-4-14)12-30-16-7-8-28(20(29)10-16)15-5-6-18-19(9-15)27-21(26-18)17-11-22(17,24)25/h1-10,17H,11-12H2,(H,26,27). The van der Waals surface area contributed by atoms with E-state index in [1.165, 1.54) is 10.6 Å². The number of nitrogens with zero attached hydrogens (tertiary/aromatic N) is 2. The third-order valence-corrected chi connectivity index (χ3v) is 5.38. The van der Waals surface area contributed by atoms with Crippen molar-refractivity contribution in [1.82, 2.24) is 14.5 Å². The summed E-state index contributed by atoms with van der Waals surface area (Å²) in [5.74, 6) is -2.80. The molecule has 1 fully saturated rings. The normalized spacial score (nSPS) is 17.2. The molecule has 1 unspecified atom stereocenters. The van der Waals surface area contributed by atoms with E-state index in [0.717, 1.165) is 5.56 Å². The molecule has 1 atom stereocenters. The van der Waals surface area contributed by atoms with Gasteiger partial charge in [0, 0.05) is 23.7 Å². The molecule has 0 amide bonds. The Morgan fingerprint density at radius 3 is 2.63 bits per heavy atom. The first-order chi connectivity index (χ1) is 14.4. The second kappa shape index (κ2) is 6.95. The number of benzene rings is 2. The van der Waals surface area contributed by atoms with Crippen LogP contribution in [0.1, 0.15) is 23.7 Å². The molecule has 4 aromatic rings. The molecule has 5 nitrogen and oxygen atoms in total. The van der Waals surface area contributed by atoms with Crippen molar-refractivity contribution in [3.05, 3.63) is 87.6 Å². The Morgan fingerprint density at radius 1 is 1.17 bits per heavy atom. The highest BCUT2D eigenvalue weighted by Gasteiger charge is 2.59. The average molecular weight is 428 g/mol. The number of alkyl halides is 2. The van der Waals surface area contributed by atoms with Crippen LogP contribution in [0.4, 0.5) is 8.78 Å². The molecule has 5 rings (SSSR count). The summed E-state index contributed by atoms with van der Waals surface area (Å²) in [6.07, 6.45) is 1.43. The number of aromatic nitrogens is 3. The third-order valence-electron chi connectivity index (χ3n) is 5.13. The summed E-state index contributed by atoms with van der Waals surface area (Å²) < 4.78 is 33.8. The van der Waals surface area contributed by atoms with Gasteiger partial charge in [0.05, 0.1) is 22.6 Å². The van der Waals surface area contributed by atoms with Crippen LogP contribution in [0, 0.1) is 0 Å². The van der Waals surface area contributed by atoms with E-state index in [-0.39, 0.29) is 17.8 Å². The Labute approximate surface area is 174 Å². The molecule has 2 aromatic heterocycles. The smallest absolute Gasteiger partial charge is 0.259 e. The Hall–Kier alpha value is -3.19. The monoisotopic (exact) mass is 427 g/mol. The van der Waals surface area contributed by atoms with Crippen LogP contribution in [-0.2, 0) is 6.61 Å². The molecule has 30 heavy (non-hydrogen) atoms. The van der Waals surface area contributed by atoms with Crippen LogP contribution in [0.15, 0.2) is 65.6 Å². The zero-order valence-corrected chi connectivity index (χ0v) is 16.4. The Morgan fingerprint density at radius 2 is 1.93 bits per heavy atom. The van der Waals surface area contributed by atoms with E-state index in [9.17, 15) is 13.6 Å². The van der Waals surface area contributed by atoms with Crippen LogP contribution in [0.3, 0.4) is 0 Å². The second-order valence-corrected chi connectivity index (χ2v) is 7.76. The highest BCUT2D eigenvalue weighted by molar-refractivity contribution is 6.30. The van der Waals surface area contributed by atoms with E-state index in [1.54, 1.807) is 42.6 Å². The molecule has 1 N–H and O–H groups in total. The largest absolute Gasteiger partial charge is 0.489 e. The number of hydrogen-bond donors (Lipinski definition) is 1. The number of pyridine rings is 1. The molecule has 2 heterocycles. The van der Waals surface area contributed by atoms with Gasteiger partial charge in [-0.25, -0.2) is 13.8 Å². The zero-order valence-electron chi connectivity index (χ0n) is 15.6. The van der Waals surface area contributed by atoms with Crippen molar-refractivity contribution in [3.63, 3.8) is 0 Å². The summed E-state index contributed by atoms with van der Waals surface area (Å²) in [7, 11) is 0. The lowest BCUT2D eigenvalue weighted by atomic mass is 10.2. The fourth-order valence-electron chi connectivity index (χ4n) is 3.35. The molecule has 0 radical (unpaired) electrons. The predicted molar refractivity (Wildman–Crippen MR) is 110 cm³/mol. The molecule has 0 spiro atoms. The van der Waals surface area contributed by atoms with Crippen LogP contribution >= 0.6 is 11.6 Å². The molecule has 1 aliphatic rings. The Balaban J connectivity index is 1.36. The maximum Gasteiger partial charge on any atom is 0.259 e. The number of H-pyrrole nitrogens is 1. The maximum absolute atomic E-state index is 13.3. The molecule has 8 heteroatoms. The molecule has 1 saturated carbocycles. The number of halogens is 3. The fourth-order valence-corrected chi connectivity index (χ4v) is 3.48. The van der Waals surface area contributed by atoms with E-state index in [0.29, 0.717) is 34.1 Å². The van der Waals surface area contributed by atoms with Crippen molar-refractivity contribution >= 4 is 22.6 Å². The van der Waals surface area contributed by atoms with Crippen LogP contribution in [0.5, 0.6) is 5.75 Å². The van der Waals surface area contributed by atoms with Crippen molar-refractivity contribution in [2.45, 2.75) is 24.9 Å². The van der Waals surface area contributed by atoms with Crippen LogP contribution in [0.2, 0.25) is 5.02 Å². The second-order valence-electron chi connectivity index (χ2n) is 7.33. The summed E-state index contributed by atoms with van der Waals surface area (Å²) in [5.41, 5.74) is 2.48. The Kier molecular flexibility index (Phi) is 4.36. The number of hydrogen-bond acceptors (Lipinski definition) is 3. The van der Waals surface area contributed by atoms with Gasteiger partial charge < -0.3 is 9.72 Å². The van der Waals surface area contributed by atoms with Gasteiger partial charge in [-0.1, -0.05) is 23.7 Å². The van der Waals surface area contributed by atoms with Gasteiger partial charge >= 0.3 is 0 Å². The number of rotatable bonds is 5. The van der Waals surface area contributed by atoms with Gasteiger partial charge in [-0.3, -0.25) is 9.36 Å². The van der Waals surface area contributed by atoms with Gasteiger partial charge in [-0.05, 0) is 42.0 Å². The van der Waals surface area contributed by atoms with Crippen LogP contribution < -0.4 is 10.3 Å². The minimum Gasteiger partial charge on any atom is -0.489 e. The predicted octanol–water partition coefficient (Wildman–Crippen LogP) is 5.07. The van der Waals surface area contributed by atoms with E-state index in [4.69, 9.17) is 16.3 Å². The number of imidazole rings is 1. The summed E-state index contributed by atoms with van der Waals surface area (Å²) in [5, 5.41) is 0.647. The molecule has 2 aromatic carbocycles. The highest BCUT2D eigenvalue weighted by atomic mass is 35.5. The van der Waals surface area contributed by atoms with Gasteiger partial charge in [0.2, 0.25) is 0 Å². The SMILES string of the molecule is O=c1cc(OCc2ccc(Cl)cc2)ccn1-c1ccc2nc(C3CC3(F)F)[nH]c2c1. The van der Waals surface area contributed by atoms with Gasteiger partial charge in [-0.2, -0.15) is 0 Å². The molecule has 0 bridgehead atoms. The van der Waals surface area contributed by atoms with Crippen molar-refractivity contribution in [2.75, 3.05) is 0 Å². The molecular formula is C22H16ClF2N3O2. The third kappa shape index (κ3) is 3.57. The highest BCUT2D eigenvalue weighted by Crippen LogP contribution is 2.54. The minimum atomic E-state index is -2.69. The van der Waals surface area contributed by atoms with E-state index < -0.39 is 11.8 Å². The number of fused-ring (bicyclic) bond motifs is 1. The summed E-state index contributed by atoms with van der Waals surface area (Å²) >= 11 is 5.87. The number of ether oxygens (including phenoxy) is 1. The summed E-state index contributed by atoms with van der Waals surface area (Å²) in [6.45, 7) is 0.315. The van der Waals surface area contributed by atoms with Crippen LogP contribution in [0.25, 0.3) is 16.7 Å². The van der Waals surface area contributed by atoms with Gasteiger partial charge in [0.25, 0.3) is 11.5 Å².